The first-order valence-electron chi connectivity index (χ1n) is 8.49. The molecule has 0 radical (unpaired) electrons. The highest BCUT2D eigenvalue weighted by Gasteiger charge is 2.23. The van der Waals surface area contributed by atoms with Gasteiger partial charge in [0, 0.05) is 19.2 Å². The minimum absolute atomic E-state index is 0.165. The third kappa shape index (κ3) is 4.13. The molecule has 0 saturated heterocycles. The zero-order valence-electron chi connectivity index (χ0n) is 15.1. The van der Waals surface area contributed by atoms with Crippen LogP contribution in [-0.4, -0.2) is 46.4 Å². The van der Waals surface area contributed by atoms with Crippen LogP contribution in [0.5, 0.6) is 0 Å². The first-order chi connectivity index (χ1) is 12.2. The third-order valence-electron chi connectivity index (χ3n) is 4.27. The van der Waals surface area contributed by atoms with Gasteiger partial charge >= 0.3 is 0 Å². The highest BCUT2D eigenvalue weighted by Crippen LogP contribution is 2.17. The summed E-state index contributed by atoms with van der Waals surface area (Å²) < 4.78 is 31.9. The van der Waals surface area contributed by atoms with Gasteiger partial charge in [0.25, 0.3) is 5.91 Å². The van der Waals surface area contributed by atoms with Crippen LogP contribution in [0.2, 0.25) is 0 Å². The van der Waals surface area contributed by atoms with Crippen LogP contribution in [0.1, 0.15) is 53.8 Å². The molecule has 142 valence electrons. The summed E-state index contributed by atoms with van der Waals surface area (Å²) in [6.07, 6.45) is 1.91. The van der Waals surface area contributed by atoms with E-state index in [1.54, 1.807) is 10.7 Å². The SMILES string of the molecule is CC(C)c1cc(C(=O)NCc2cc3n(n2)CCCN(S(C)(=O)=O)C3)on1. The van der Waals surface area contributed by atoms with E-state index in [2.05, 4.69) is 15.6 Å². The van der Waals surface area contributed by atoms with Crippen molar-refractivity contribution in [3.8, 4) is 0 Å². The van der Waals surface area contributed by atoms with Crippen molar-refractivity contribution < 1.29 is 17.7 Å². The molecular formula is C16H23N5O4S. The Morgan fingerprint density at radius 3 is 2.77 bits per heavy atom. The van der Waals surface area contributed by atoms with E-state index >= 15 is 0 Å². The van der Waals surface area contributed by atoms with E-state index in [-0.39, 0.29) is 24.1 Å². The molecule has 2 aromatic heterocycles. The van der Waals surface area contributed by atoms with Crippen LogP contribution in [0, 0.1) is 0 Å². The maximum atomic E-state index is 12.2. The smallest absolute Gasteiger partial charge is 0.290 e. The number of carbonyl (C=O) groups is 1. The zero-order valence-corrected chi connectivity index (χ0v) is 15.9. The fraction of sp³-hybridized carbons (Fsp3) is 0.562. The van der Waals surface area contributed by atoms with Gasteiger partial charge in [-0.05, 0) is 18.4 Å². The summed E-state index contributed by atoms with van der Waals surface area (Å²) in [6, 6.07) is 3.45. The molecule has 3 rings (SSSR count). The third-order valence-corrected chi connectivity index (χ3v) is 5.52. The number of aryl methyl sites for hydroxylation is 1. The molecule has 0 atom stereocenters. The lowest BCUT2D eigenvalue weighted by Gasteiger charge is -2.16. The Balaban J connectivity index is 1.65. The molecular weight excluding hydrogens is 358 g/mol. The van der Waals surface area contributed by atoms with Gasteiger partial charge in [0.05, 0.1) is 36.4 Å². The molecule has 10 heteroatoms. The zero-order chi connectivity index (χ0) is 18.9. The van der Waals surface area contributed by atoms with Crippen LogP contribution in [0.3, 0.4) is 0 Å². The summed E-state index contributed by atoms with van der Waals surface area (Å²) in [5, 5.41) is 11.1. The molecule has 0 unspecified atom stereocenters. The van der Waals surface area contributed by atoms with Crippen molar-refractivity contribution in [1.29, 1.82) is 0 Å². The predicted molar refractivity (Wildman–Crippen MR) is 93.9 cm³/mol. The lowest BCUT2D eigenvalue weighted by Crippen LogP contribution is -2.29. The van der Waals surface area contributed by atoms with E-state index in [1.165, 1.54) is 10.6 Å². The Morgan fingerprint density at radius 2 is 2.12 bits per heavy atom. The monoisotopic (exact) mass is 381 g/mol. The van der Waals surface area contributed by atoms with Gasteiger partial charge in [-0.25, -0.2) is 8.42 Å². The van der Waals surface area contributed by atoms with Crippen LogP contribution in [0.15, 0.2) is 16.7 Å². The van der Waals surface area contributed by atoms with Crippen molar-refractivity contribution in [2.45, 2.75) is 45.8 Å². The molecule has 0 bridgehead atoms. The van der Waals surface area contributed by atoms with Crippen LogP contribution in [0.4, 0.5) is 0 Å². The minimum Gasteiger partial charge on any atom is -0.351 e. The van der Waals surface area contributed by atoms with E-state index in [0.717, 1.165) is 11.4 Å². The van der Waals surface area contributed by atoms with Crippen LogP contribution in [-0.2, 0) is 29.7 Å². The number of nitrogens with zero attached hydrogens (tertiary/aromatic N) is 4. The molecule has 26 heavy (non-hydrogen) atoms. The van der Waals surface area contributed by atoms with Gasteiger partial charge < -0.3 is 9.84 Å². The van der Waals surface area contributed by atoms with E-state index < -0.39 is 10.0 Å². The van der Waals surface area contributed by atoms with Crippen molar-refractivity contribution in [2.24, 2.45) is 0 Å². The summed E-state index contributed by atoms with van der Waals surface area (Å²) in [5.41, 5.74) is 2.22. The lowest BCUT2D eigenvalue weighted by atomic mass is 10.1. The lowest BCUT2D eigenvalue weighted by molar-refractivity contribution is 0.0913. The van der Waals surface area contributed by atoms with Crippen LogP contribution >= 0.6 is 0 Å². The molecule has 1 aliphatic heterocycles. The molecule has 2 aromatic rings. The number of nitrogens with one attached hydrogen (secondary N) is 1. The van der Waals surface area contributed by atoms with Gasteiger partial charge in [0.1, 0.15) is 0 Å². The summed E-state index contributed by atoms with van der Waals surface area (Å²) >= 11 is 0. The molecule has 9 nitrogen and oxygen atoms in total. The van der Waals surface area contributed by atoms with Gasteiger partial charge in [-0.2, -0.15) is 9.40 Å². The second-order valence-electron chi connectivity index (χ2n) is 6.75. The molecule has 1 N–H and O–H groups in total. The Labute approximate surface area is 152 Å². The molecule has 0 aromatic carbocycles. The Bertz CT molecular complexity index is 900. The molecule has 0 saturated carbocycles. The van der Waals surface area contributed by atoms with Crippen molar-refractivity contribution in [3.63, 3.8) is 0 Å². The second kappa shape index (κ2) is 7.20. The van der Waals surface area contributed by atoms with E-state index in [0.29, 0.717) is 31.7 Å². The minimum atomic E-state index is -3.25. The van der Waals surface area contributed by atoms with Crippen LogP contribution < -0.4 is 5.32 Å². The molecule has 1 amide bonds. The second-order valence-corrected chi connectivity index (χ2v) is 8.74. The Hall–Kier alpha value is -2.20. The van der Waals surface area contributed by atoms with Crippen molar-refractivity contribution in [1.82, 2.24) is 24.6 Å². The first kappa shape index (κ1) is 18.6. The van der Waals surface area contributed by atoms with Crippen molar-refractivity contribution >= 4 is 15.9 Å². The van der Waals surface area contributed by atoms with Crippen molar-refractivity contribution in [2.75, 3.05) is 12.8 Å². The van der Waals surface area contributed by atoms with E-state index in [4.69, 9.17) is 4.52 Å². The van der Waals surface area contributed by atoms with Gasteiger partial charge in [-0.3, -0.25) is 9.48 Å². The number of rotatable bonds is 5. The average molecular weight is 381 g/mol. The predicted octanol–water partition coefficient (Wildman–Crippen LogP) is 1.09. The first-order valence-corrected chi connectivity index (χ1v) is 10.3. The summed E-state index contributed by atoms with van der Waals surface area (Å²) in [7, 11) is -3.25. The maximum absolute atomic E-state index is 12.2. The quantitative estimate of drug-likeness (QED) is 0.830. The topological polar surface area (TPSA) is 110 Å². The summed E-state index contributed by atoms with van der Waals surface area (Å²) in [5.74, 6) is -0.00929. The molecule has 1 aliphatic rings. The number of amides is 1. The average Bonchev–Trinajstić information content (AvgIpc) is 3.14. The van der Waals surface area contributed by atoms with Crippen LogP contribution in [0.25, 0.3) is 0 Å². The van der Waals surface area contributed by atoms with Crippen molar-refractivity contribution in [3.05, 3.63) is 35.0 Å². The number of fused-ring (bicyclic) bond motifs is 1. The highest BCUT2D eigenvalue weighted by molar-refractivity contribution is 7.88. The number of sulfonamides is 1. The van der Waals surface area contributed by atoms with Gasteiger partial charge in [0.15, 0.2) is 0 Å². The molecule has 0 spiro atoms. The Morgan fingerprint density at radius 1 is 1.35 bits per heavy atom. The molecule has 3 heterocycles. The molecule has 0 fully saturated rings. The maximum Gasteiger partial charge on any atom is 0.290 e. The Kier molecular flexibility index (Phi) is 5.15. The largest absolute Gasteiger partial charge is 0.351 e. The number of aromatic nitrogens is 3. The van der Waals surface area contributed by atoms with Gasteiger partial charge in [-0.15, -0.1) is 0 Å². The fourth-order valence-electron chi connectivity index (χ4n) is 2.79. The normalized spacial score (nSPS) is 15.7. The number of hydrogen-bond acceptors (Lipinski definition) is 6. The number of hydrogen-bond donors (Lipinski definition) is 1. The highest BCUT2D eigenvalue weighted by atomic mass is 32.2. The van der Waals surface area contributed by atoms with E-state index in [9.17, 15) is 13.2 Å². The number of carbonyl (C=O) groups excluding carboxylic acids is 1. The summed E-state index contributed by atoms with van der Waals surface area (Å²) in [4.78, 5) is 12.2. The standard InChI is InChI=1S/C16H23N5O4S/c1-11(2)14-8-15(25-19-14)16(22)17-9-12-7-13-10-20(26(3,23)24)5-4-6-21(13)18-12/h7-8,11H,4-6,9-10H2,1-3H3,(H,17,22). The summed E-state index contributed by atoms with van der Waals surface area (Å²) in [6.45, 7) is 5.59. The molecule has 0 aliphatic carbocycles. The fourth-order valence-corrected chi connectivity index (χ4v) is 3.62. The van der Waals surface area contributed by atoms with Gasteiger partial charge in [0.2, 0.25) is 15.8 Å². The van der Waals surface area contributed by atoms with E-state index in [1.807, 2.05) is 19.9 Å². The van der Waals surface area contributed by atoms with Gasteiger partial charge in [-0.1, -0.05) is 19.0 Å².